The van der Waals surface area contributed by atoms with Gasteiger partial charge >= 0.3 is 45.6 Å². The molecule has 0 amide bonds. The molecule has 0 saturated heterocycles. The van der Waals surface area contributed by atoms with Crippen molar-refractivity contribution < 1.29 is 17.1 Å². The van der Waals surface area contributed by atoms with E-state index >= 15 is 0 Å². The summed E-state index contributed by atoms with van der Waals surface area (Å²) in [7, 11) is 0. The maximum Gasteiger partial charge on any atom is 0 e. The third-order valence-electron chi connectivity index (χ3n) is 0. The Morgan fingerprint density at radius 3 is 0.833 bits per heavy atom. The van der Waals surface area contributed by atoms with E-state index in [0.717, 1.165) is 0 Å². The van der Waals surface area contributed by atoms with E-state index in [1.54, 1.807) is 0 Å². The van der Waals surface area contributed by atoms with Crippen molar-refractivity contribution >= 4 is 97.1 Å². The van der Waals surface area contributed by atoms with Gasteiger partial charge in [0.05, 0.1) is 0 Å². The Hall–Kier alpha value is 3.60. The van der Waals surface area contributed by atoms with Crippen molar-refractivity contribution in [2.24, 2.45) is 0 Å². The van der Waals surface area contributed by atoms with Gasteiger partial charge in [-0.3, -0.25) is 0 Å². The monoisotopic (exact) mass is 443 g/mol. The van der Waals surface area contributed by atoms with Gasteiger partial charge in [0.15, 0.2) is 17.4 Å². The Morgan fingerprint density at radius 2 is 0.833 bits per heavy atom. The van der Waals surface area contributed by atoms with E-state index in [0.29, 0.717) is 0 Å². The average Bonchev–Trinajstić information content (AvgIpc) is 0. The number of hydrogen-bond donors (Lipinski definition) is 0. The third kappa shape index (κ3) is 25.6. The molecule has 0 spiro atoms. The number of rotatable bonds is 0. The van der Waals surface area contributed by atoms with E-state index < -0.39 is 0 Å². The summed E-state index contributed by atoms with van der Waals surface area (Å²) in [5.41, 5.74) is 0. The van der Waals surface area contributed by atoms with Crippen molar-refractivity contribution in [1.29, 1.82) is 0 Å². The molecule has 0 saturated carbocycles. The zero-order chi connectivity index (χ0) is 0. The first-order valence-electron chi connectivity index (χ1n) is 0. The smallest absolute Gasteiger partial charge is 0 e. The van der Waals surface area contributed by atoms with E-state index in [9.17, 15) is 0 Å². The van der Waals surface area contributed by atoms with Gasteiger partial charge in [-0.2, -0.15) is 0 Å². The third-order valence-corrected chi connectivity index (χ3v) is 0. The summed E-state index contributed by atoms with van der Waals surface area (Å²) < 4.78 is 0. The Balaban J connectivity index is 0. The first-order chi connectivity index (χ1) is 0. The molecule has 0 aliphatic rings. The second-order valence-corrected chi connectivity index (χ2v) is 0. The van der Waals surface area contributed by atoms with Crippen LogP contribution in [0.3, 0.4) is 0 Å². The minimum atomic E-state index is 0. The average molecular weight is 442 g/mol. The van der Waals surface area contributed by atoms with Crippen LogP contribution in [0.1, 0.15) is 0 Å². The van der Waals surface area contributed by atoms with E-state index in [4.69, 9.17) is 0 Å². The van der Waals surface area contributed by atoms with Crippen molar-refractivity contribution in [1.82, 2.24) is 0 Å². The molecule has 0 aliphatic carbocycles. The molecule has 0 aromatic rings. The molecule has 0 fully saturated rings. The van der Waals surface area contributed by atoms with Gasteiger partial charge in [-0.05, 0) is 0 Å². The van der Waals surface area contributed by atoms with Crippen molar-refractivity contribution in [2.75, 3.05) is 0 Å². The summed E-state index contributed by atoms with van der Waals surface area (Å²) in [6.07, 6.45) is 0. The minimum Gasteiger partial charge on any atom is 0 e. The Morgan fingerprint density at radius 1 is 0.833 bits per heavy atom. The molecule has 0 nitrogen and oxygen atoms in total. The molecule has 0 atom stereocenters. The Bertz CT molecular complexity index is 13.5. The van der Waals surface area contributed by atoms with Crippen LogP contribution in [-0.4, -0.2) is 97.1 Å². The fourth-order valence-electron chi connectivity index (χ4n) is 0. The zero-order valence-corrected chi connectivity index (χ0v) is 5.49. The zero-order valence-electron chi connectivity index (χ0n) is 1.12. The van der Waals surface area contributed by atoms with Gasteiger partial charge in [0.1, 0.15) is 0 Å². The topological polar surface area (TPSA) is 0 Å². The first-order valence-corrected chi connectivity index (χ1v) is 0. The van der Waals surface area contributed by atoms with Crippen LogP contribution in [0.15, 0.2) is 0 Å². The summed E-state index contributed by atoms with van der Waals surface area (Å²) >= 11 is 0. The molecule has 0 rings (SSSR count). The molecule has 0 N–H and O–H groups in total. The van der Waals surface area contributed by atoms with Gasteiger partial charge in [-0.15, -0.1) is 0 Å². The van der Waals surface area contributed by atoms with E-state index in [-0.39, 0.29) is 114 Å². The summed E-state index contributed by atoms with van der Waals surface area (Å²) in [5.74, 6) is 0. The Kier molecular flexibility index (Phi) is 350. The van der Waals surface area contributed by atoms with Gasteiger partial charge in [0, 0.05) is 51.2 Å². The molecule has 41 valence electrons. The maximum absolute atomic E-state index is 0. The van der Waals surface area contributed by atoms with Crippen LogP contribution in [0.5, 0.6) is 0 Å². The van der Waals surface area contributed by atoms with Crippen LogP contribution in [0.4, 0.5) is 0 Å². The quantitative estimate of drug-likeness (QED) is 0.334. The first kappa shape index (κ1) is 54.8. The molecule has 0 aromatic carbocycles. The molecule has 6 heteroatoms. The fourth-order valence-corrected chi connectivity index (χ4v) is 0. The van der Waals surface area contributed by atoms with E-state index in [1.165, 1.54) is 0 Å². The standard InChI is InChI=1S/Al.Cu.Ga.In.2Se.9H. The fraction of sp³-hybridized carbons (Fsp3) is 0. The largest absolute Gasteiger partial charge is 0 e. The van der Waals surface area contributed by atoms with E-state index in [2.05, 4.69) is 0 Å². The molecule has 0 aromatic heterocycles. The molecule has 0 aliphatic heterocycles. The van der Waals surface area contributed by atoms with Gasteiger partial charge in [-0.25, -0.2) is 0 Å². The van der Waals surface area contributed by atoms with Crippen molar-refractivity contribution in [2.45, 2.75) is 0 Å². The molecular weight excluding hydrogens is 433 g/mol. The van der Waals surface area contributed by atoms with Crippen molar-refractivity contribution in [3.8, 4) is 0 Å². The van der Waals surface area contributed by atoms with Crippen molar-refractivity contribution in [3.05, 3.63) is 0 Å². The molecule has 0 heterocycles. The maximum atomic E-state index is 0. The molecule has 6 heavy (non-hydrogen) atoms. The van der Waals surface area contributed by atoms with E-state index in [1.807, 2.05) is 0 Å². The second kappa shape index (κ2) is 38.3. The summed E-state index contributed by atoms with van der Waals surface area (Å²) in [6.45, 7) is 0. The van der Waals surface area contributed by atoms with Gasteiger partial charge in [-0.1, -0.05) is 0 Å². The summed E-state index contributed by atoms with van der Waals surface area (Å²) in [6, 6.07) is 0. The SMILES string of the molecule is [AlH3].[Cu].[GaH3].[InH3].[Se].[Se]. The number of hydrogen-bond acceptors (Lipinski definition) is 0. The molecule has 0 bridgehead atoms. The van der Waals surface area contributed by atoms with Crippen LogP contribution in [0.25, 0.3) is 0 Å². The van der Waals surface area contributed by atoms with Crippen LogP contribution in [0.2, 0.25) is 0 Å². The van der Waals surface area contributed by atoms with Crippen LogP contribution < -0.4 is 0 Å². The molecular formula is H9AlCuGaInSe2. The van der Waals surface area contributed by atoms with Crippen LogP contribution in [-0.2, 0) is 17.1 Å². The van der Waals surface area contributed by atoms with Crippen molar-refractivity contribution in [3.63, 3.8) is 0 Å². The minimum absolute atomic E-state index is 0. The Labute approximate surface area is 112 Å². The van der Waals surface area contributed by atoms with Gasteiger partial charge in [0.25, 0.3) is 0 Å². The summed E-state index contributed by atoms with van der Waals surface area (Å²) in [5, 5.41) is 0. The molecule has 5 radical (unpaired) electrons. The van der Waals surface area contributed by atoms with Gasteiger partial charge < -0.3 is 0 Å². The molecule has 0 unspecified atom stereocenters. The predicted molar refractivity (Wildman–Crippen MR) is 41.3 cm³/mol. The van der Waals surface area contributed by atoms with Crippen LogP contribution >= 0.6 is 0 Å². The summed E-state index contributed by atoms with van der Waals surface area (Å²) in [4.78, 5) is 0. The second-order valence-electron chi connectivity index (χ2n) is 0. The predicted octanol–water partition coefficient (Wildman–Crippen LogP) is -4.32. The van der Waals surface area contributed by atoms with Crippen LogP contribution in [0, 0.1) is 0 Å². The normalized spacial score (nSPS) is 0. The van der Waals surface area contributed by atoms with Gasteiger partial charge in [0.2, 0.25) is 0 Å².